The Morgan fingerprint density at radius 3 is 2.59 bits per heavy atom. The third-order valence-electron chi connectivity index (χ3n) is 3.56. The molecular formula is C19H13F2N5O. The van der Waals surface area contributed by atoms with Gasteiger partial charge in [0.15, 0.2) is 11.6 Å². The summed E-state index contributed by atoms with van der Waals surface area (Å²) in [5, 5.41) is 14.5. The number of hydrogen-bond donors (Lipinski definition) is 2. The molecule has 0 atom stereocenters. The first-order valence-corrected chi connectivity index (χ1v) is 7.84. The summed E-state index contributed by atoms with van der Waals surface area (Å²) in [4.78, 5) is 20.7. The van der Waals surface area contributed by atoms with Crippen LogP contribution in [0.4, 0.5) is 26.1 Å². The van der Waals surface area contributed by atoms with Crippen LogP contribution in [0.3, 0.4) is 0 Å². The Morgan fingerprint density at radius 1 is 1.07 bits per heavy atom. The van der Waals surface area contributed by atoms with Crippen molar-refractivity contribution in [1.82, 2.24) is 9.97 Å². The largest absolute Gasteiger partial charge is 0.324 e. The molecule has 2 aromatic carbocycles. The molecule has 0 fully saturated rings. The second-order valence-electron chi connectivity index (χ2n) is 5.58. The summed E-state index contributed by atoms with van der Waals surface area (Å²) in [6.07, 6.45) is 0. The summed E-state index contributed by atoms with van der Waals surface area (Å²) >= 11 is 0. The van der Waals surface area contributed by atoms with Crippen molar-refractivity contribution in [3.63, 3.8) is 0 Å². The lowest BCUT2D eigenvalue weighted by molar-refractivity contribution is 0.102. The van der Waals surface area contributed by atoms with Crippen molar-refractivity contribution in [1.29, 1.82) is 5.26 Å². The normalized spacial score (nSPS) is 10.1. The van der Waals surface area contributed by atoms with E-state index in [0.29, 0.717) is 16.9 Å². The van der Waals surface area contributed by atoms with Crippen molar-refractivity contribution in [2.45, 2.75) is 6.92 Å². The van der Waals surface area contributed by atoms with Gasteiger partial charge in [-0.05, 0) is 37.3 Å². The fourth-order valence-corrected chi connectivity index (χ4v) is 2.32. The van der Waals surface area contributed by atoms with Gasteiger partial charge in [0.25, 0.3) is 5.91 Å². The average Bonchev–Trinajstić information content (AvgIpc) is 2.64. The molecule has 1 aromatic heterocycles. The smallest absolute Gasteiger partial charge is 0.274 e. The van der Waals surface area contributed by atoms with Crippen LogP contribution in [0.5, 0.6) is 0 Å². The fraction of sp³-hybridized carbons (Fsp3) is 0.0526. The van der Waals surface area contributed by atoms with Gasteiger partial charge in [-0.25, -0.2) is 18.7 Å². The van der Waals surface area contributed by atoms with Crippen molar-refractivity contribution in [3.05, 3.63) is 77.1 Å². The number of benzene rings is 2. The Balaban J connectivity index is 1.85. The Kier molecular flexibility index (Phi) is 5.04. The van der Waals surface area contributed by atoms with E-state index in [-0.39, 0.29) is 17.3 Å². The maximum Gasteiger partial charge on any atom is 0.274 e. The molecular weight excluding hydrogens is 352 g/mol. The number of carbonyl (C=O) groups is 1. The molecule has 0 unspecified atom stereocenters. The first-order chi connectivity index (χ1) is 13.0. The first kappa shape index (κ1) is 17.9. The summed E-state index contributed by atoms with van der Waals surface area (Å²) in [6, 6.07) is 13.3. The number of rotatable bonds is 4. The third-order valence-corrected chi connectivity index (χ3v) is 3.56. The summed E-state index contributed by atoms with van der Waals surface area (Å²) in [6.45, 7) is 1.66. The number of amides is 1. The minimum Gasteiger partial charge on any atom is -0.324 e. The van der Waals surface area contributed by atoms with Gasteiger partial charge in [-0.15, -0.1) is 0 Å². The second-order valence-corrected chi connectivity index (χ2v) is 5.58. The third kappa shape index (κ3) is 4.22. The molecule has 3 aromatic rings. The number of aromatic nitrogens is 2. The monoisotopic (exact) mass is 365 g/mol. The molecule has 0 spiro atoms. The lowest BCUT2D eigenvalue weighted by atomic mass is 10.2. The number of nitrogens with zero attached hydrogens (tertiary/aromatic N) is 3. The zero-order valence-corrected chi connectivity index (χ0v) is 14.1. The van der Waals surface area contributed by atoms with Crippen LogP contribution in [0.15, 0.2) is 48.5 Å². The zero-order chi connectivity index (χ0) is 19.4. The highest BCUT2D eigenvalue weighted by molar-refractivity contribution is 6.03. The molecule has 27 heavy (non-hydrogen) atoms. The molecule has 0 aliphatic heterocycles. The van der Waals surface area contributed by atoms with Crippen molar-refractivity contribution < 1.29 is 13.6 Å². The number of hydrogen-bond acceptors (Lipinski definition) is 5. The minimum atomic E-state index is -1.02. The van der Waals surface area contributed by atoms with E-state index >= 15 is 0 Å². The van der Waals surface area contributed by atoms with E-state index in [9.17, 15) is 13.6 Å². The molecule has 1 amide bonds. The number of nitriles is 1. The maximum absolute atomic E-state index is 13.3. The lowest BCUT2D eigenvalue weighted by Crippen LogP contribution is -2.16. The van der Waals surface area contributed by atoms with Gasteiger partial charge in [0.05, 0.1) is 11.3 Å². The van der Waals surface area contributed by atoms with E-state index in [4.69, 9.17) is 5.26 Å². The molecule has 0 saturated carbocycles. The Hall–Kier alpha value is -3.86. The quantitative estimate of drug-likeness (QED) is 0.731. The second kappa shape index (κ2) is 7.58. The van der Waals surface area contributed by atoms with Crippen molar-refractivity contribution in [3.8, 4) is 6.07 Å². The van der Waals surface area contributed by atoms with Crippen molar-refractivity contribution in [2.75, 3.05) is 10.6 Å². The molecule has 8 heteroatoms. The maximum atomic E-state index is 13.3. The van der Waals surface area contributed by atoms with Gasteiger partial charge in [0.1, 0.15) is 11.8 Å². The Bertz CT molecular complexity index is 1060. The van der Waals surface area contributed by atoms with E-state index in [1.807, 2.05) is 6.07 Å². The molecule has 6 nitrogen and oxygen atoms in total. The van der Waals surface area contributed by atoms with E-state index in [1.54, 1.807) is 31.2 Å². The van der Waals surface area contributed by atoms with E-state index in [0.717, 1.165) is 12.1 Å². The summed E-state index contributed by atoms with van der Waals surface area (Å²) in [5.74, 6) is -2.46. The fourth-order valence-electron chi connectivity index (χ4n) is 2.32. The Morgan fingerprint density at radius 2 is 1.85 bits per heavy atom. The lowest BCUT2D eigenvalue weighted by Gasteiger charge is -2.10. The summed E-state index contributed by atoms with van der Waals surface area (Å²) < 4.78 is 26.4. The number of para-hydroxylation sites is 1. The highest BCUT2D eigenvalue weighted by Gasteiger charge is 2.13. The summed E-state index contributed by atoms with van der Waals surface area (Å²) in [5.41, 5.74) is 1.46. The minimum absolute atomic E-state index is 0.0553. The molecule has 0 radical (unpaired) electrons. The van der Waals surface area contributed by atoms with E-state index in [1.165, 1.54) is 12.1 Å². The van der Waals surface area contributed by atoms with Crippen LogP contribution in [-0.4, -0.2) is 15.9 Å². The number of carbonyl (C=O) groups excluding carboxylic acids is 1. The van der Waals surface area contributed by atoms with Crippen LogP contribution in [0.2, 0.25) is 0 Å². The first-order valence-electron chi connectivity index (χ1n) is 7.84. The predicted molar refractivity (Wildman–Crippen MR) is 95.5 cm³/mol. The standard InChI is InChI=1S/C19H13F2N5O/c1-11-8-17(18(27)25-16-5-3-2-4-12(16)10-22)26-19(23-11)24-13-6-7-14(20)15(21)9-13/h2-9H,1H3,(H,25,27)(H,23,24,26). The molecule has 0 bridgehead atoms. The SMILES string of the molecule is Cc1cc(C(=O)Nc2ccccc2C#N)nc(Nc2ccc(F)c(F)c2)n1. The van der Waals surface area contributed by atoms with Gasteiger partial charge in [-0.1, -0.05) is 12.1 Å². The van der Waals surface area contributed by atoms with Gasteiger partial charge in [-0.3, -0.25) is 4.79 Å². The van der Waals surface area contributed by atoms with Crippen molar-refractivity contribution >= 4 is 23.2 Å². The van der Waals surface area contributed by atoms with Gasteiger partial charge in [0.2, 0.25) is 5.95 Å². The molecule has 1 heterocycles. The number of nitrogens with one attached hydrogen (secondary N) is 2. The molecule has 2 N–H and O–H groups in total. The molecule has 134 valence electrons. The van der Waals surface area contributed by atoms with E-state index in [2.05, 4.69) is 20.6 Å². The van der Waals surface area contributed by atoms with Crippen LogP contribution in [-0.2, 0) is 0 Å². The molecule has 0 aliphatic carbocycles. The number of aryl methyl sites for hydroxylation is 1. The molecule has 0 saturated heterocycles. The number of anilines is 3. The molecule has 0 aliphatic rings. The van der Waals surface area contributed by atoms with Crippen LogP contribution in [0.1, 0.15) is 21.7 Å². The van der Waals surface area contributed by atoms with Gasteiger partial charge in [-0.2, -0.15) is 5.26 Å². The highest BCUT2D eigenvalue weighted by atomic mass is 19.2. The zero-order valence-electron chi connectivity index (χ0n) is 14.1. The number of halogens is 2. The highest BCUT2D eigenvalue weighted by Crippen LogP contribution is 2.18. The van der Waals surface area contributed by atoms with Gasteiger partial charge >= 0.3 is 0 Å². The summed E-state index contributed by atoms with van der Waals surface area (Å²) in [7, 11) is 0. The van der Waals surface area contributed by atoms with E-state index < -0.39 is 17.5 Å². The van der Waals surface area contributed by atoms with Gasteiger partial charge in [0, 0.05) is 17.4 Å². The van der Waals surface area contributed by atoms with Crippen LogP contribution >= 0.6 is 0 Å². The van der Waals surface area contributed by atoms with Crippen molar-refractivity contribution in [2.24, 2.45) is 0 Å². The average molecular weight is 365 g/mol. The van der Waals surface area contributed by atoms with Crippen LogP contribution in [0, 0.1) is 29.9 Å². The predicted octanol–water partition coefficient (Wildman–Crippen LogP) is 3.93. The van der Waals surface area contributed by atoms with Gasteiger partial charge < -0.3 is 10.6 Å². The Labute approximate surface area is 153 Å². The molecule has 3 rings (SSSR count). The topological polar surface area (TPSA) is 90.7 Å². The van der Waals surface area contributed by atoms with Crippen LogP contribution in [0.25, 0.3) is 0 Å². The van der Waals surface area contributed by atoms with Crippen LogP contribution < -0.4 is 10.6 Å².